The zero-order valence-corrected chi connectivity index (χ0v) is 12.9. The van der Waals surface area contributed by atoms with Gasteiger partial charge in [0.05, 0.1) is 10.7 Å². The first kappa shape index (κ1) is 14.3. The number of benzene rings is 1. The summed E-state index contributed by atoms with van der Waals surface area (Å²) < 4.78 is 2.49. The van der Waals surface area contributed by atoms with Gasteiger partial charge in [0.2, 0.25) is 0 Å². The third kappa shape index (κ3) is 3.45. The summed E-state index contributed by atoms with van der Waals surface area (Å²) in [6.07, 6.45) is 2.93. The van der Waals surface area contributed by atoms with Crippen LogP contribution in [0.1, 0.15) is 29.4 Å². The first-order valence-electron chi connectivity index (χ1n) is 6.10. The number of Topliss-reactive ketones (excluding diaryl/α,β-unsaturated/α-hetero) is 1. The predicted octanol–water partition coefficient (Wildman–Crippen LogP) is 4.13. The molecule has 100 valence electrons. The Labute approximate surface area is 125 Å². The molecule has 0 amide bonds. The Kier molecular flexibility index (Phi) is 4.77. The molecule has 0 bridgehead atoms. The van der Waals surface area contributed by atoms with Gasteiger partial charge in [0, 0.05) is 18.0 Å². The normalized spacial score (nSPS) is 10.7. The minimum atomic E-state index is 0.0418. The van der Waals surface area contributed by atoms with Gasteiger partial charge < -0.3 is 0 Å². The van der Waals surface area contributed by atoms with E-state index in [1.807, 2.05) is 18.2 Å². The molecule has 0 aliphatic heterocycles. The molecule has 0 spiro atoms. The predicted molar refractivity (Wildman–Crippen MR) is 79.7 cm³/mol. The summed E-state index contributed by atoms with van der Waals surface area (Å²) in [6, 6.07) is 7.36. The number of rotatable bonds is 5. The number of aryl methyl sites for hydroxylation is 1. The summed E-state index contributed by atoms with van der Waals surface area (Å²) in [5, 5.41) is 4.85. The average Bonchev–Trinajstić information content (AvgIpc) is 2.71. The first-order valence-corrected chi connectivity index (χ1v) is 7.28. The molecule has 2 rings (SSSR count). The van der Waals surface area contributed by atoms with Crippen molar-refractivity contribution in [2.24, 2.45) is 0 Å². The van der Waals surface area contributed by atoms with E-state index in [1.54, 1.807) is 16.9 Å². The Morgan fingerprint density at radius 2 is 2.26 bits per heavy atom. The number of halogens is 2. The molecule has 1 aromatic carbocycles. The van der Waals surface area contributed by atoms with Crippen molar-refractivity contribution in [1.82, 2.24) is 9.78 Å². The van der Waals surface area contributed by atoms with Crippen LogP contribution in [0.2, 0.25) is 5.02 Å². The number of ketones is 1. The van der Waals surface area contributed by atoms with Crippen LogP contribution in [0.3, 0.4) is 0 Å². The highest BCUT2D eigenvalue weighted by molar-refractivity contribution is 9.10. The van der Waals surface area contributed by atoms with E-state index < -0.39 is 0 Å². The van der Waals surface area contributed by atoms with Crippen molar-refractivity contribution in [3.05, 3.63) is 51.2 Å². The third-order valence-corrected chi connectivity index (χ3v) is 3.56. The van der Waals surface area contributed by atoms with Crippen molar-refractivity contribution in [3.63, 3.8) is 0 Å². The largest absolute Gasteiger partial charge is 0.292 e. The second kappa shape index (κ2) is 6.35. The van der Waals surface area contributed by atoms with Gasteiger partial charge >= 0.3 is 0 Å². The molecule has 0 aliphatic rings. The van der Waals surface area contributed by atoms with E-state index in [2.05, 4.69) is 28.0 Å². The lowest BCUT2D eigenvalue weighted by atomic mass is 10.1. The molecule has 0 saturated heterocycles. The number of nitrogens with zero attached hydrogens (tertiary/aromatic N) is 2. The fourth-order valence-corrected chi connectivity index (χ4v) is 2.67. The van der Waals surface area contributed by atoms with E-state index in [0.29, 0.717) is 17.1 Å². The van der Waals surface area contributed by atoms with Crippen LogP contribution in [0, 0.1) is 0 Å². The van der Waals surface area contributed by atoms with E-state index >= 15 is 0 Å². The molecule has 5 heteroatoms. The van der Waals surface area contributed by atoms with Gasteiger partial charge in [-0.1, -0.05) is 30.7 Å². The molecule has 1 aromatic heterocycles. The van der Waals surface area contributed by atoms with Crippen molar-refractivity contribution in [3.8, 4) is 0 Å². The van der Waals surface area contributed by atoms with E-state index in [-0.39, 0.29) is 5.78 Å². The van der Waals surface area contributed by atoms with Gasteiger partial charge in [0.15, 0.2) is 5.78 Å². The maximum Gasteiger partial charge on any atom is 0.186 e. The average molecular weight is 342 g/mol. The SMILES string of the molecule is CCCn1ncc(Br)c1C(=O)Cc1cccc(Cl)c1. The van der Waals surface area contributed by atoms with Crippen LogP contribution in [-0.2, 0) is 13.0 Å². The quantitative estimate of drug-likeness (QED) is 0.766. The Bertz CT molecular complexity index is 595. The fraction of sp³-hybridized carbons (Fsp3) is 0.286. The maximum atomic E-state index is 12.4. The number of hydrogen-bond donors (Lipinski definition) is 0. The van der Waals surface area contributed by atoms with Gasteiger partial charge in [-0.05, 0) is 40.0 Å². The van der Waals surface area contributed by atoms with Gasteiger partial charge in [0.25, 0.3) is 0 Å². The second-order valence-corrected chi connectivity index (χ2v) is 5.58. The molecule has 0 fully saturated rings. The Balaban J connectivity index is 2.22. The van der Waals surface area contributed by atoms with E-state index in [9.17, 15) is 4.79 Å². The molecule has 0 atom stereocenters. The molecular weight excluding hydrogens is 328 g/mol. The van der Waals surface area contributed by atoms with Crippen LogP contribution in [0.4, 0.5) is 0 Å². The van der Waals surface area contributed by atoms with Crippen LogP contribution in [0.15, 0.2) is 34.9 Å². The molecule has 0 N–H and O–H groups in total. The summed E-state index contributed by atoms with van der Waals surface area (Å²) in [5.41, 5.74) is 1.54. The van der Waals surface area contributed by atoms with Gasteiger partial charge in [-0.15, -0.1) is 0 Å². The topological polar surface area (TPSA) is 34.9 Å². The first-order chi connectivity index (χ1) is 9.11. The van der Waals surface area contributed by atoms with Crippen LogP contribution in [0.5, 0.6) is 0 Å². The molecule has 3 nitrogen and oxygen atoms in total. The summed E-state index contributed by atoms with van der Waals surface area (Å²) >= 11 is 9.31. The number of aromatic nitrogens is 2. The van der Waals surface area contributed by atoms with Crippen molar-refractivity contribution < 1.29 is 4.79 Å². The smallest absolute Gasteiger partial charge is 0.186 e. The summed E-state index contributed by atoms with van der Waals surface area (Å²) in [5.74, 6) is 0.0418. The summed E-state index contributed by atoms with van der Waals surface area (Å²) in [7, 11) is 0. The Morgan fingerprint density at radius 3 is 2.95 bits per heavy atom. The van der Waals surface area contributed by atoms with E-state index in [1.165, 1.54) is 0 Å². The molecule has 0 unspecified atom stereocenters. The Hall–Kier alpha value is -1.13. The van der Waals surface area contributed by atoms with Crippen LogP contribution >= 0.6 is 27.5 Å². The number of carbonyl (C=O) groups is 1. The van der Waals surface area contributed by atoms with Gasteiger partial charge in [-0.25, -0.2) is 0 Å². The second-order valence-electron chi connectivity index (χ2n) is 4.29. The lowest BCUT2D eigenvalue weighted by Crippen LogP contribution is -2.13. The zero-order chi connectivity index (χ0) is 13.8. The molecule has 0 aliphatic carbocycles. The highest BCUT2D eigenvalue weighted by Gasteiger charge is 2.17. The van der Waals surface area contributed by atoms with Crippen LogP contribution in [0.25, 0.3) is 0 Å². The minimum Gasteiger partial charge on any atom is -0.292 e. The van der Waals surface area contributed by atoms with Gasteiger partial charge in [-0.3, -0.25) is 9.48 Å². The molecule has 0 saturated carbocycles. The monoisotopic (exact) mass is 340 g/mol. The number of carbonyl (C=O) groups excluding carboxylic acids is 1. The Morgan fingerprint density at radius 1 is 1.47 bits per heavy atom. The standard InChI is InChI=1S/C14H14BrClN2O/c1-2-6-18-14(12(15)9-17-18)13(19)8-10-4-3-5-11(16)7-10/h3-5,7,9H,2,6,8H2,1H3. The minimum absolute atomic E-state index is 0.0418. The molecule has 1 heterocycles. The van der Waals surface area contributed by atoms with Crippen molar-refractivity contribution in [1.29, 1.82) is 0 Å². The summed E-state index contributed by atoms with van der Waals surface area (Å²) in [4.78, 5) is 12.4. The van der Waals surface area contributed by atoms with E-state index in [4.69, 9.17) is 11.6 Å². The van der Waals surface area contributed by atoms with Gasteiger partial charge in [0.1, 0.15) is 5.69 Å². The van der Waals surface area contributed by atoms with Crippen molar-refractivity contribution in [2.75, 3.05) is 0 Å². The zero-order valence-electron chi connectivity index (χ0n) is 10.6. The maximum absolute atomic E-state index is 12.4. The lowest BCUT2D eigenvalue weighted by Gasteiger charge is -2.06. The molecule has 0 radical (unpaired) electrons. The third-order valence-electron chi connectivity index (χ3n) is 2.75. The van der Waals surface area contributed by atoms with Crippen molar-refractivity contribution >= 4 is 33.3 Å². The highest BCUT2D eigenvalue weighted by Crippen LogP contribution is 2.20. The van der Waals surface area contributed by atoms with Crippen LogP contribution in [-0.4, -0.2) is 15.6 Å². The number of hydrogen-bond acceptors (Lipinski definition) is 2. The fourth-order valence-electron chi connectivity index (χ4n) is 1.94. The van der Waals surface area contributed by atoms with Gasteiger partial charge in [-0.2, -0.15) is 5.10 Å². The molecular formula is C14H14BrClN2O. The van der Waals surface area contributed by atoms with Crippen molar-refractivity contribution in [2.45, 2.75) is 26.3 Å². The summed E-state index contributed by atoms with van der Waals surface area (Å²) in [6.45, 7) is 2.79. The molecule has 19 heavy (non-hydrogen) atoms. The lowest BCUT2D eigenvalue weighted by molar-refractivity contribution is 0.0981. The van der Waals surface area contributed by atoms with Crippen LogP contribution < -0.4 is 0 Å². The molecule has 2 aromatic rings. The van der Waals surface area contributed by atoms with E-state index in [0.717, 1.165) is 23.0 Å². The highest BCUT2D eigenvalue weighted by atomic mass is 79.9.